The normalized spacial score (nSPS) is 26.4. The number of unbranched alkanes of at least 4 members (excludes halogenated alkanes) is 1. The van der Waals surface area contributed by atoms with Crippen LogP contribution in [0.2, 0.25) is 0 Å². The zero-order chi connectivity index (χ0) is 13.7. The van der Waals surface area contributed by atoms with Crippen molar-refractivity contribution in [3.8, 4) is 0 Å². The Kier molecular flexibility index (Phi) is 5.67. The Bertz CT molecular complexity index is 259. The second-order valence-electron chi connectivity index (χ2n) is 7.37. The minimum absolute atomic E-state index is 0.272. The standard InChI is InChI=1S/C16H33N3/c1-16(2,3)17-9-5-7-10-18-12-13-19-11-6-4-8-15(19)14-18/h15,17H,4-14H2,1-3H3. The fourth-order valence-corrected chi connectivity index (χ4v) is 3.35. The van der Waals surface area contributed by atoms with Gasteiger partial charge in [-0.1, -0.05) is 6.42 Å². The minimum atomic E-state index is 0.272. The van der Waals surface area contributed by atoms with Crippen LogP contribution in [0.1, 0.15) is 52.9 Å². The largest absolute Gasteiger partial charge is 0.312 e. The summed E-state index contributed by atoms with van der Waals surface area (Å²) < 4.78 is 0. The number of fused-ring (bicyclic) bond motifs is 1. The van der Waals surface area contributed by atoms with Gasteiger partial charge in [0.1, 0.15) is 0 Å². The quantitative estimate of drug-likeness (QED) is 0.771. The van der Waals surface area contributed by atoms with E-state index in [1.165, 1.54) is 64.8 Å². The van der Waals surface area contributed by atoms with E-state index in [4.69, 9.17) is 0 Å². The van der Waals surface area contributed by atoms with Crippen molar-refractivity contribution in [2.45, 2.75) is 64.5 Å². The molecule has 19 heavy (non-hydrogen) atoms. The van der Waals surface area contributed by atoms with Crippen molar-refractivity contribution in [3.63, 3.8) is 0 Å². The lowest BCUT2D eigenvalue weighted by atomic mass is 9.99. The fourth-order valence-electron chi connectivity index (χ4n) is 3.35. The molecular weight excluding hydrogens is 234 g/mol. The van der Waals surface area contributed by atoms with E-state index in [1.807, 2.05) is 0 Å². The first kappa shape index (κ1) is 15.3. The van der Waals surface area contributed by atoms with E-state index in [-0.39, 0.29) is 5.54 Å². The van der Waals surface area contributed by atoms with Gasteiger partial charge < -0.3 is 10.2 Å². The van der Waals surface area contributed by atoms with Crippen molar-refractivity contribution in [3.05, 3.63) is 0 Å². The molecule has 2 saturated heterocycles. The molecule has 3 nitrogen and oxygen atoms in total. The molecule has 3 heteroatoms. The van der Waals surface area contributed by atoms with E-state index in [0.717, 1.165) is 12.6 Å². The molecule has 2 fully saturated rings. The molecule has 2 rings (SSSR count). The molecular formula is C16H33N3. The van der Waals surface area contributed by atoms with Gasteiger partial charge in [-0.05, 0) is 66.1 Å². The SMILES string of the molecule is CC(C)(C)NCCCCN1CCN2CCCCC2C1. The van der Waals surface area contributed by atoms with Crippen LogP contribution in [-0.4, -0.2) is 60.6 Å². The molecule has 0 aromatic heterocycles. The van der Waals surface area contributed by atoms with E-state index >= 15 is 0 Å². The molecule has 0 aromatic rings. The summed E-state index contributed by atoms with van der Waals surface area (Å²) >= 11 is 0. The van der Waals surface area contributed by atoms with Gasteiger partial charge in [0.2, 0.25) is 0 Å². The first-order chi connectivity index (χ1) is 9.04. The summed E-state index contributed by atoms with van der Waals surface area (Å²) in [5.74, 6) is 0. The van der Waals surface area contributed by atoms with Crippen LogP contribution < -0.4 is 5.32 Å². The topological polar surface area (TPSA) is 18.5 Å². The molecule has 1 unspecified atom stereocenters. The first-order valence-corrected chi connectivity index (χ1v) is 8.26. The van der Waals surface area contributed by atoms with E-state index < -0.39 is 0 Å². The van der Waals surface area contributed by atoms with Crippen LogP contribution in [0, 0.1) is 0 Å². The Hall–Kier alpha value is -0.120. The zero-order valence-electron chi connectivity index (χ0n) is 13.2. The Morgan fingerprint density at radius 3 is 2.68 bits per heavy atom. The van der Waals surface area contributed by atoms with Crippen molar-refractivity contribution < 1.29 is 0 Å². The molecule has 0 aliphatic carbocycles. The predicted molar refractivity (Wildman–Crippen MR) is 82.6 cm³/mol. The lowest BCUT2D eigenvalue weighted by molar-refractivity contribution is 0.0487. The lowest BCUT2D eigenvalue weighted by Gasteiger charge is -2.44. The smallest absolute Gasteiger partial charge is 0.0223 e. The molecule has 0 bridgehead atoms. The van der Waals surface area contributed by atoms with Gasteiger partial charge in [-0.25, -0.2) is 0 Å². The average Bonchev–Trinajstić information content (AvgIpc) is 2.37. The molecule has 0 saturated carbocycles. The highest BCUT2D eigenvalue weighted by molar-refractivity contribution is 4.85. The summed E-state index contributed by atoms with van der Waals surface area (Å²) in [6.45, 7) is 14.5. The van der Waals surface area contributed by atoms with Crippen molar-refractivity contribution in [2.24, 2.45) is 0 Å². The van der Waals surface area contributed by atoms with Crippen LogP contribution in [-0.2, 0) is 0 Å². The lowest BCUT2D eigenvalue weighted by Crippen LogP contribution is -2.54. The maximum absolute atomic E-state index is 3.58. The average molecular weight is 267 g/mol. The molecule has 2 heterocycles. The Morgan fingerprint density at radius 2 is 1.89 bits per heavy atom. The Labute approximate surface area is 119 Å². The third-order valence-electron chi connectivity index (χ3n) is 4.48. The van der Waals surface area contributed by atoms with Gasteiger partial charge in [0.05, 0.1) is 0 Å². The van der Waals surface area contributed by atoms with Crippen molar-refractivity contribution in [1.29, 1.82) is 0 Å². The molecule has 112 valence electrons. The second kappa shape index (κ2) is 7.05. The number of hydrogen-bond acceptors (Lipinski definition) is 3. The summed E-state index contributed by atoms with van der Waals surface area (Å²) in [6, 6.07) is 0.871. The van der Waals surface area contributed by atoms with Crippen LogP contribution in [0.25, 0.3) is 0 Å². The number of nitrogens with one attached hydrogen (secondary N) is 1. The van der Waals surface area contributed by atoms with Crippen LogP contribution in [0.4, 0.5) is 0 Å². The van der Waals surface area contributed by atoms with Crippen LogP contribution in [0.5, 0.6) is 0 Å². The summed E-state index contributed by atoms with van der Waals surface area (Å²) in [5.41, 5.74) is 0.272. The van der Waals surface area contributed by atoms with E-state index in [1.54, 1.807) is 0 Å². The number of hydrogen-bond donors (Lipinski definition) is 1. The number of rotatable bonds is 5. The van der Waals surface area contributed by atoms with Crippen LogP contribution >= 0.6 is 0 Å². The number of piperidine rings is 1. The van der Waals surface area contributed by atoms with Gasteiger partial charge in [-0.3, -0.25) is 4.90 Å². The molecule has 0 aromatic carbocycles. The van der Waals surface area contributed by atoms with Gasteiger partial charge in [0, 0.05) is 31.2 Å². The third kappa shape index (κ3) is 5.41. The van der Waals surface area contributed by atoms with Gasteiger partial charge in [-0.2, -0.15) is 0 Å². The summed E-state index contributed by atoms with van der Waals surface area (Å²) in [7, 11) is 0. The molecule has 2 aliphatic heterocycles. The highest BCUT2D eigenvalue weighted by Crippen LogP contribution is 2.21. The molecule has 0 spiro atoms. The van der Waals surface area contributed by atoms with Crippen LogP contribution in [0.15, 0.2) is 0 Å². The summed E-state index contributed by atoms with van der Waals surface area (Å²) in [5, 5.41) is 3.58. The fraction of sp³-hybridized carbons (Fsp3) is 1.00. The van der Waals surface area contributed by atoms with Gasteiger partial charge in [0.25, 0.3) is 0 Å². The summed E-state index contributed by atoms with van der Waals surface area (Å²) in [6.07, 6.45) is 6.96. The van der Waals surface area contributed by atoms with Crippen molar-refractivity contribution >= 4 is 0 Å². The monoisotopic (exact) mass is 267 g/mol. The highest BCUT2D eigenvalue weighted by Gasteiger charge is 2.28. The Morgan fingerprint density at radius 1 is 1.05 bits per heavy atom. The number of nitrogens with zero attached hydrogens (tertiary/aromatic N) is 2. The van der Waals surface area contributed by atoms with Gasteiger partial charge in [0.15, 0.2) is 0 Å². The maximum atomic E-state index is 3.58. The highest BCUT2D eigenvalue weighted by atomic mass is 15.3. The second-order valence-corrected chi connectivity index (χ2v) is 7.37. The first-order valence-electron chi connectivity index (χ1n) is 8.26. The molecule has 1 N–H and O–H groups in total. The van der Waals surface area contributed by atoms with Gasteiger partial charge in [-0.15, -0.1) is 0 Å². The molecule has 1 atom stereocenters. The van der Waals surface area contributed by atoms with Gasteiger partial charge >= 0.3 is 0 Å². The molecule has 0 amide bonds. The van der Waals surface area contributed by atoms with E-state index in [2.05, 4.69) is 35.9 Å². The van der Waals surface area contributed by atoms with E-state index in [9.17, 15) is 0 Å². The third-order valence-corrected chi connectivity index (χ3v) is 4.48. The number of piperazine rings is 1. The molecule has 2 aliphatic rings. The predicted octanol–water partition coefficient (Wildman–Crippen LogP) is 2.32. The summed E-state index contributed by atoms with van der Waals surface area (Å²) in [4.78, 5) is 5.42. The minimum Gasteiger partial charge on any atom is -0.312 e. The van der Waals surface area contributed by atoms with E-state index in [0.29, 0.717) is 0 Å². The van der Waals surface area contributed by atoms with Crippen molar-refractivity contribution in [2.75, 3.05) is 39.3 Å². The Balaban J connectivity index is 1.57. The van der Waals surface area contributed by atoms with Crippen LogP contribution in [0.3, 0.4) is 0 Å². The van der Waals surface area contributed by atoms with Crippen molar-refractivity contribution in [1.82, 2.24) is 15.1 Å². The molecule has 0 radical (unpaired) electrons. The maximum Gasteiger partial charge on any atom is 0.0223 e. The zero-order valence-corrected chi connectivity index (χ0v) is 13.2.